The summed E-state index contributed by atoms with van der Waals surface area (Å²) < 4.78 is 14.8. The fraction of sp³-hybridized carbons (Fsp3) is 0.600. The summed E-state index contributed by atoms with van der Waals surface area (Å²) in [6.45, 7) is 0. The summed E-state index contributed by atoms with van der Waals surface area (Å²) >= 11 is 0. The standard InChI is InChI=1S/C10H13FN2O/c11-9-2-1-3-10(4-9)13-6-8(7-14)5-12-13/h5-7,9-10H,1-4H2. The van der Waals surface area contributed by atoms with Crippen molar-refractivity contribution < 1.29 is 9.18 Å². The number of rotatable bonds is 2. The number of alkyl halides is 1. The van der Waals surface area contributed by atoms with Crippen LogP contribution in [0.3, 0.4) is 0 Å². The van der Waals surface area contributed by atoms with E-state index in [1.54, 1.807) is 10.9 Å². The summed E-state index contributed by atoms with van der Waals surface area (Å²) in [7, 11) is 0. The first-order valence-corrected chi connectivity index (χ1v) is 4.93. The van der Waals surface area contributed by atoms with E-state index in [-0.39, 0.29) is 6.04 Å². The molecule has 2 rings (SSSR count). The van der Waals surface area contributed by atoms with Gasteiger partial charge in [-0.1, -0.05) is 0 Å². The number of carbonyl (C=O) groups is 1. The Morgan fingerprint density at radius 2 is 2.43 bits per heavy atom. The van der Waals surface area contributed by atoms with Crippen LogP contribution in [-0.4, -0.2) is 22.2 Å². The summed E-state index contributed by atoms with van der Waals surface area (Å²) in [5.41, 5.74) is 0.561. The van der Waals surface area contributed by atoms with Crippen LogP contribution < -0.4 is 0 Å². The van der Waals surface area contributed by atoms with Crippen molar-refractivity contribution in [3.05, 3.63) is 18.0 Å². The topological polar surface area (TPSA) is 34.9 Å². The van der Waals surface area contributed by atoms with E-state index in [9.17, 15) is 9.18 Å². The number of hydrogen-bond donors (Lipinski definition) is 0. The van der Waals surface area contributed by atoms with Crippen LogP contribution in [0.5, 0.6) is 0 Å². The third kappa shape index (κ3) is 1.84. The highest BCUT2D eigenvalue weighted by molar-refractivity contribution is 5.73. The summed E-state index contributed by atoms with van der Waals surface area (Å²) in [6, 6.07) is 0.132. The second-order valence-electron chi connectivity index (χ2n) is 3.79. The quantitative estimate of drug-likeness (QED) is 0.679. The fourth-order valence-corrected chi connectivity index (χ4v) is 1.96. The van der Waals surface area contributed by atoms with E-state index in [1.165, 1.54) is 6.20 Å². The molecule has 4 heteroatoms. The van der Waals surface area contributed by atoms with Gasteiger partial charge >= 0.3 is 0 Å². The van der Waals surface area contributed by atoms with Crippen molar-refractivity contribution in [1.29, 1.82) is 0 Å². The van der Waals surface area contributed by atoms with Crippen molar-refractivity contribution in [2.45, 2.75) is 37.9 Å². The predicted molar refractivity (Wildman–Crippen MR) is 50.0 cm³/mol. The zero-order chi connectivity index (χ0) is 9.97. The highest BCUT2D eigenvalue weighted by atomic mass is 19.1. The van der Waals surface area contributed by atoms with Crippen LogP contribution in [0.15, 0.2) is 12.4 Å². The molecule has 0 saturated heterocycles. The Morgan fingerprint density at radius 1 is 1.57 bits per heavy atom. The Morgan fingerprint density at radius 3 is 3.07 bits per heavy atom. The molecule has 1 aromatic rings. The summed E-state index contributed by atoms with van der Waals surface area (Å²) in [6.07, 6.45) is 6.32. The van der Waals surface area contributed by atoms with Gasteiger partial charge in [-0.2, -0.15) is 5.10 Å². The maximum Gasteiger partial charge on any atom is 0.153 e. The van der Waals surface area contributed by atoms with Crippen LogP contribution >= 0.6 is 0 Å². The smallest absolute Gasteiger partial charge is 0.153 e. The Balaban J connectivity index is 2.09. The molecule has 2 atom stereocenters. The molecule has 1 aliphatic carbocycles. The molecule has 0 aliphatic heterocycles. The lowest BCUT2D eigenvalue weighted by Gasteiger charge is -2.24. The highest BCUT2D eigenvalue weighted by Gasteiger charge is 2.23. The van der Waals surface area contributed by atoms with Gasteiger partial charge in [0.1, 0.15) is 6.17 Å². The minimum absolute atomic E-state index is 0.132. The molecule has 1 heterocycles. The molecule has 0 N–H and O–H groups in total. The molecule has 0 amide bonds. The van der Waals surface area contributed by atoms with Gasteiger partial charge in [0, 0.05) is 12.6 Å². The van der Waals surface area contributed by atoms with E-state index in [0.717, 1.165) is 19.1 Å². The number of aromatic nitrogens is 2. The Bertz CT molecular complexity index is 324. The largest absolute Gasteiger partial charge is 0.298 e. The molecule has 1 fully saturated rings. The maximum absolute atomic E-state index is 13.1. The predicted octanol–water partition coefficient (Wildman–Crippen LogP) is 2.15. The lowest BCUT2D eigenvalue weighted by atomic mass is 9.94. The lowest BCUT2D eigenvalue weighted by molar-refractivity contribution is 0.112. The van der Waals surface area contributed by atoms with Crippen LogP contribution in [0, 0.1) is 0 Å². The van der Waals surface area contributed by atoms with E-state index in [2.05, 4.69) is 5.10 Å². The fourth-order valence-electron chi connectivity index (χ4n) is 1.96. The second-order valence-corrected chi connectivity index (χ2v) is 3.79. The zero-order valence-corrected chi connectivity index (χ0v) is 7.90. The average Bonchev–Trinajstić information content (AvgIpc) is 2.66. The SMILES string of the molecule is O=Cc1cnn(C2CCCC(F)C2)c1. The molecular formula is C10H13FN2O. The molecule has 0 radical (unpaired) electrons. The third-order valence-corrected chi connectivity index (χ3v) is 2.71. The number of halogens is 1. The third-order valence-electron chi connectivity index (χ3n) is 2.71. The van der Waals surface area contributed by atoms with Gasteiger partial charge in [-0.3, -0.25) is 9.48 Å². The Kier molecular flexibility index (Phi) is 2.61. The molecule has 1 saturated carbocycles. The van der Waals surface area contributed by atoms with E-state index < -0.39 is 6.17 Å². The lowest BCUT2D eigenvalue weighted by Crippen LogP contribution is -2.20. The van der Waals surface area contributed by atoms with Gasteiger partial charge in [0.2, 0.25) is 0 Å². The molecule has 0 bridgehead atoms. The van der Waals surface area contributed by atoms with E-state index in [1.807, 2.05) is 0 Å². The van der Waals surface area contributed by atoms with Crippen molar-refractivity contribution in [2.24, 2.45) is 0 Å². The van der Waals surface area contributed by atoms with Gasteiger partial charge in [0.15, 0.2) is 6.29 Å². The van der Waals surface area contributed by atoms with Gasteiger partial charge in [-0.25, -0.2) is 4.39 Å². The van der Waals surface area contributed by atoms with E-state index >= 15 is 0 Å². The summed E-state index contributed by atoms with van der Waals surface area (Å²) in [5.74, 6) is 0. The average molecular weight is 196 g/mol. The first-order valence-electron chi connectivity index (χ1n) is 4.93. The van der Waals surface area contributed by atoms with Crippen molar-refractivity contribution in [3.8, 4) is 0 Å². The number of nitrogens with zero attached hydrogens (tertiary/aromatic N) is 2. The second kappa shape index (κ2) is 3.90. The zero-order valence-electron chi connectivity index (χ0n) is 7.90. The van der Waals surface area contributed by atoms with Crippen LogP contribution in [0.4, 0.5) is 4.39 Å². The van der Waals surface area contributed by atoms with Gasteiger partial charge in [-0.15, -0.1) is 0 Å². The van der Waals surface area contributed by atoms with Crippen LogP contribution in [-0.2, 0) is 0 Å². The number of aldehydes is 1. The Hall–Kier alpha value is -1.19. The molecule has 1 aromatic heterocycles. The molecule has 1 aliphatic rings. The van der Waals surface area contributed by atoms with Crippen molar-refractivity contribution >= 4 is 6.29 Å². The number of carbonyl (C=O) groups excluding carboxylic acids is 1. The van der Waals surface area contributed by atoms with Gasteiger partial charge in [0.25, 0.3) is 0 Å². The van der Waals surface area contributed by atoms with Crippen molar-refractivity contribution in [2.75, 3.05) is 0 Å². The minimum atomic E-state index is -0.711. The molecule has 14 heavy (non-hydrogen) atoms. The first-order chi connectivity index (χ1) is 6.79. The van der Waals surface area contributed by atoms with Crippen LogP contribution in [0.2, 0.25) is 0 Å². The van der Waals surface area contributed by atoms with E-state index in [4.69, 9.17) is 0 Å². The van der Waals surface area contributed by atoms with Crippen molar-refractivity contribution in [1.82, 2.24) is 9.78 Å². The van der Waals surface area contributed by atoms with Gasteiger partial charge in [0.05, 0.1) is 17.8 Å². The molecule has 0 aromatic carbocycles. The van der Waals surface area contributed by atoms with Gasteiger partial charge in [-0.05, 0) is 19.3 Å². The molecule has 0 spiro atoms. The maximum atomic E-state index is 13.1. The molecular weight excluding hydrogens is 183 g/mol. The molecule has 76 valence electrons. The van der Waals surface area contributed by atoms with Crippen molar-refractivity contribution in [3.63, 3.8) is 0 Å². The van der Waals surface area contributed by atoms with Gasteiger partial charge < -0.3 is 0 Å². The number of hydrogen-bond acceptors (Lipinski definition) is 2. The normalized spacial score (nSPS) is 27.5. The first kappa shape index (κ1) is 9.37. The van der Waals surface area contributed by atoms with Crippen LogP contribution in [0.25, 0.3) is 0 Å². The highest BCUT2D eigenvalue weighted by Crippen LogP contribution is 2.29. The molecule has 3 nitrogen and oxygen atoms in total. The van der Waals surface area contributed by atoms with E-state index in [0.29, 0.717) is 18.4 Å². The van der Waals surface area contributed by atoms with Crippen LogP contribution in [0.1, 0.15) is 42.1 Å². The summed E-state index contributed by atoms with van der Waals surface area (Å²) in [5, 5.41) is 4.06. The Labute approximate surface area is 81.9 Å². The monoisotopic (exact) mass is 196 g/mol. The molecule has 2 unspecified atom stereocenters. The summed E-state index contributed by atoms with van der Waals surface area (Å²) in [4.78, 5) is 10.4. The minimum Gasteiger partial charge on any atom is -0.298 e.